The summed E-state index contributed by atoms with van der Waals surface area (Å²) in [6.07, 6.45) is 9.16. The van der Waals surface area contributed by atoms with E-state index in [4.69, 9.17) is 9.47 Å². The molecule has 2 nitrogen and oxygen atoms in total. The van der Waals surface area contributed by atoms with Crippen molar-refractivity contribution in [2.75, 3.05) is 19.8 Å². The van der Waals surface area contributed by atoms with Crippen LogP contribution >= 0.6 is 0 Å². The van der Waals surface area contributed by atoms with Gasteiger partial charge in [-0.2, -0.15) is 0 Å². The van der Waals surface area contributed by atoms with Gasteiger partial charge in [-0.25, -0.2) is 0 Å². The van der Waals surface area contributed by atoms with Crippen LogP contribution in [0.3, 0.4) is 0 Å². The molecule has 100 valence electrons. The lowest BCUT2D eigenvalue weighted by molar-refractivity contribution is 0.117. The van der Waals surface area contributed by atoms with E-state index in [9.17, 15) is 0 Å². The van der Waals surface area contributed by atoms with Gasteiger partial charge in [-0.3, -0.25) is 0 Å². The van der Waals surface area contributed by atoms with Gasteiger partial charge in [0, 0.05) is 6.61 Å². The fourth-order valence-electron chi connectivity index (χ4n) is 3.10. The van der Waals surface area contributed by atoms with E-state index in [0.29, 0.717) is 6.10 Å². The van der Waals surface area contributed by atoms with Gasteiger partial charge in [-0.05, 0) is 12.0 Å². The number of hydrogen-bond donors (Lipinski definition) is 0. The largest absolute Gasteiger partial charge is 0.379 e. The van der Waals surface area contributed by atoms with Crippen molar-refractivity contribution in [3.8, 4) is 0 Å². The molecule has 1 saturated carbocycles. The van der Waals surface area contributed by atoms with Gasteiger partial charge in [0.2, 0.25) is 0 Å². The molecule has 1 aliphatic carbocycles. The summed E-state index contributed by atoms with van der Waals surface area (Å²) < 4.78 is 10.8. The predicted molar refractivity (Wildman–Crippen MR) is 74.3 cm³/mol. The van der Waals surface area contributed by atoms with Crippen molar-refractivity contribution in [2.45, 2.75) is 69.3 Å². The Bertz CT molecular complexity index is 220. The molecule has 1 atom stereocenters. The molecule has 1 unspecified atom stereocenters. The third-order valence-electron chi connectivity index (χ3n) is 4.53. The van der Waals surface area contributed by atoms with Crippen LogP contribution in [0.25, 0.3) is 0 Å². The Labute approximate surface area is 107 Å². The Hall–Kier alpha value is 0.137. The molecule has 0 radical (unpaired) electrons. The van der Waals surface area contributed by atoms with Crippen molar-refractivity contribution in [3.05, 3.63) is 0 Å². The Morgan fingerprint density at radius 2 is 1.88 bits per heavy atom. The molecule has 3 heteroatoms. The summed E-state index contributed by atoms with van der Waals surface area (Å²) in [6, 6.07) is 1.45. The highest BCUT2D eigenvalue weighted by Gasteiger charge is 2.31. The van der Waals surface area contributed by atoms with Crippen LogP contribution in [-0.2, 0) is 9.47 Å². The zero-order chi connectivity index (χ0) is 12.1. The van der Waals surface area contributed by atoms with Crippen LogP contribution in [0, 0.1) is 0 Å². The first-order valence-corrected chi connectivity index (χ1v) is 10.7. The SMILES string of the molecule is C[Si](C)(CCCOCC1CO1)C1CCCCC1. The Morgan fingerprint density at radius 3 is 2.53 bits per heavy atom. The number of rotatable bonds is 7. The van der Waals surface area contributed by atoms with Gasteiger partial charge in [-0.15, -0.1) is 0 Å². The van der Waals surface area contributed by atoms with Crippen molar-refractivity contribution in [3.63, 3.8) is 0 Å². The Kier molecular flexibility index (Phi) is 5.06. The van der Waals surface area contributed by atoms with Crippen molar-refractivity contribution >= 4 is 8.07 Å². The third-order valence-corrected chi connectivity index (χ3v) is 8.96. The number of hydrogen-bond acceptors (Lipinski definition) is 2. The fraction of sp³-hybridized carbons (Fsp3) is 1.00. The summed E-state index contributed by atoms with van der Waals surface area (Å²) in [7, 11) is -0.975. The topological polar surface area (TPSA) is 21.8 Å². The van der Waals surface area contributed by atoms with Gasteiger partial charge in [0.25, 0.3) is 0 Å². The minimum atomic E-state index is -0.975. The first kappa shape index (κ1) is 13.6. The summed E-state index contributed by atoms with van der Waals surface area (Å²) in [6.45, 7) is 7.87. The summed E-state index contributed by atoms with van der Waals surface area (Å²) in [5.41, 5.74) is 1.09. The molecule has 1 saturated heterocycles. The monoisotopic (exact) mass is 256 g/mol. The molecule has 1 aliphatic heterocycles. The summed E-state index contributed by atoms with van der Waals surface area (Å²) in [5, 5.41) is 0. The van der Waals surface area contributed by atoms with E-state index in [-0.39, 0.29) is 0 Å². The standard InChI is InChI=1S/C14H28O2Si/c1-17(2,14-7-4-3-5-8-14)10-6-9-15-11-13-12-16-13/h13-14H,3-12H2,1-2H3. The number of epoxide rings is 1. The molecular weight excluding hydrogens is 228 g/mol. The van der Waals surface area contributed by atoms with Crippen molar-refractivity contribution < 1.29 is 9.47 Å². The molecule has 0 N–H and O–H groups in total. The van der Waals surface area contributed by atoms with Gasteiger partial charge in [0.15, 0.2) is 0 Å². The van der Waals surface area contributed by atoms with Crippen LogP contribution in [0.1, 0.15) is 38.5 Å². The molecule has 0 spiro atoms. The average Bonchev–Trinajstić information content (AvgIpc) is 3.14. The highest BCUT2D eigenvalue weighted by Crippen LogP contribution is 2.39. The average molecular weight is 256 g/mol. The quantitative estimate of drug-likeness (QED) is 0.392. The zero-order valence-electron chi connectivity index (χ0n) is 11.5. The maximum Gasteiger partial charge on any atom is 0.104 e. The lowest BCUT2D eigenvalue weighted by Crippen LogP contribution is -2.33. The highest BCUT2D eigenvalue weighted by molar-refractivity contribution is 6.78. The molecule has 0 aromatic heterocycles. The second kappa shape index (κ2) is 6.35. The van der Waals surface area contributed by atoms with Crippen LogP contribution in [-0.4, -0.2) is 34.0 Å². The lowest BCUT2D eigenvalue weighted by Gasteiger charge is -2.35. The van der Waals surface area contributed by atoms with Gasteiger partial charge >= 0.3 is 0 Å². The highest BCUT2D eigenvalue weighted by atomic mass is 28.3. The van der Waals surface area contributed by atoms with Crippen molar-refractivity contribution in [1.82, 2.24) is 0 Å². The molecule has 0 aromatic carbocycles. The van der Waals surface area contributed by atoms with Crippen LogP contribution < -0.4 is 0 Å². The zero-order valence-corrected chi connectivity index (χ0v) is 12.5. The number of ether oxygens (including phenoxy) is 2. The minimum Gasteiger partial charge on any atom is -0.379 e. The van der Waals surface area contributed by atoms with Crippen molar-refractivity contribution in [2.24, 2.45) is 0 Å². The van der Waals surface area contributed by atoms with Crippen molar-refractivity contribution in [1.29, 1.82) is 0 Å². The molecule has 2 fully saturated rings. The first-order valence-electron chi connectivity index (χ1n) is 7.38. The van der Waals surface area contributed by atoms with E-state index in [2.05, 4.69) is 13.1 Å². The maximum atomic E-state index is 5.64. The van der Waals surface area contributed by atoms with Gasteiger partial charge in [-0.1, -0.05) is 51.2 Å². The summed E-state index contributed by atoms with van der Waals surface area (Å²) in [4.78, 5) is 0. The summed E-state index contributed by atoms with van der Waals surface area (Å²) in [5.74, 6) is 0. The predicted octanol–water partition coefficient (Wildman–Crippen LogP) is 3.83. The Morgan fingerprint density at radius 1 is 1.18 bits per heavy atom. The van der Waals surface area contributed by atoms with Crippen LogP contribution in [0.4, 0.5) is 0 Å². The van der Waals surface area contributed by atoms with E-state index < -0.39 is 8.07 Å². The van der Waals surface area contributed by atoms with E-state index >= 15 is 0 Å². The van der Waals surface area contributed by atoms with E-state index in [1.807, 2.05) is 0 Å². The molecule has 2 rings (SSSR count). The van der Waals surface area contributed by atoms with Crippen LogP contribution in [0.5, 0.6) is 0 Å². The second-order valence-corrected chi connectivity index (χ2v) is 11.8. The maximum absolute atomic E-state index is 5.64. The van der Waals surface area contributed by atoms with Crippen LogP contribution in [0.15, 0.2) is 0 Å². The fourth-order valence-corrected chi connectivity index (χ4v) is 6.53. The van der Waals surface area contributed by atoms with Crippen LogP contribution in [0.2, 0.25) is 24.7 Å². The minimum absolute atomic E-state index is 0.429. The lowest BCUT2D eigenvalue weighted by atomic mass is 10.0. The van der Waals surface area contributed by atoms with Gasteiger partial charge < -0.3 is 9.47 Å². The molecule has 0 amide bonds. The molecule has 1 heterocycles. The molecule has 0 bridgehead atoms. The second-order valence-electron chi connectivity index (χ2n) is 6.46. The third kappa shape index (κ3) is 4.72. The van der Waals surface area contributed by atoms with E-state index in [0.717, 1.165) is 25.4 Å². The van der Waals surface area contributed by atoms with Gasteiger partial charge in [0.05, 0.1) is 21.3 Å². The van der Waals surface area contributed by atoms with E-state index in [1.165, 1.54) is 44.6 Å². The van der Waals surface area contributed by atoms with E-state index in [1.54, 1.807) is 0 Å². The summed E-state index contributed by atoms with van der Waals surface area (Å²) >= 11 is 0. The Balaban J connectivity index is 1.57. The smallest absolute Gasteiger partial charge is 0.104 e. The molecular formula is C14H28O2Si. The first-order chi connectivity index (χ1) is 8.18. The molecule has 2 aliphatic rings. The van der Waals surface area contributed by atoms with Gasteiger partial charge in [0.1, 0.15) is 6.10 Å². The normalized spacial score (nSPS) is 26.1. The molecule has 17 heavy (non-hydrogen) atoms. The molecule has 0 aromatic rings.